The molecule has 2 aromatic heterocycles. The molecule has 2 heterocycles. The minimum atomic E-state index is -0.358. The maximum absolute atomic E-state index is 12.2. The summed E-state index contributed by atoms with van der Waals surface area (Å²) in [5, 5.41) is 2.55. The third-order valence-corrected chi connectivity index (χ3v) is 4.02. The lowest BCUT2D eigenvalue weighted by Gasteiger charge is -2.05. The Morgan fingerprint density at radius 2 is 2.11 bits per heavy atom. The van der Waals surface area contributed by atoms with Crippen LogP contribution in [0.4, 0.5) is 0 Å². The van der Waals surface area contributed by atoms with Crippen molar-refractivity contribution in [3.63, 3.8) is 0 Å². The number of nitrogens with one attached hydrogen (secondary N) is 1. The highest BCUT2D eigenvalue weighted by atomic mass is 32.1. The number of aromatic nitrogens is 2. The van der Waals surface area contributed by atoms with Crippen molar-refractivity contribution in [3.8, 4) is 10.4 Å². The Balaban J connectivity index is 2.34. The zero-order valence-corrected chi connectivity index (χ0v) is 11.2. The summed E-state index contributed by atoms with van der Waals surface area (Å²) < 4.78 is 1.21. The second-order valence-electron chi connectivity index (χ2n) is 4.22. The van der Waals surface area contributed by atoms with Gasteiger partial charge in [0, 0.05) is 11.4 Å². The van der Waals surface area contributed by atoms with E-state index in [1.807, 2.05) is 29.6 Å². The Bertz CT molecular complexity index is 844. The fourth-order valence-electron chi connectivity index (χ4n) is 2.13. The first-order chi connectivity index (χ1) is 9.20. The molecule has 3 aromatic rings. The summed E-state index contributed by atoms with van der Waals surface area (Å²) >= 11 is 1.62. The van der Waals surface area contributed by atoms with Crippen LogP contribution < -0.4 is 11.2 Å². The van der Waals surface area contributed by atoms with E-state index in [-0.39, 0.29) is 11.2 Å². The average molecular weight is 272 g/mol. The number of benzene rings is 1. The molecule has 1 N–H and O–H groups in total. The summed E-state index contributed by atoms with van der Waals surface area (Å²) in [4.78, 5) is 27.8. The van der Waals surface area contributed by atoms with Gasteiger partial charge in [-0.15, -0.1) is 11.3 Å². The lowest BCUT2D eigenvalue weighted by atomic mass is 10.1. The zero-order chi connectivity index (χ0) is 13.4. The van der Waals surface area contributed by atoms with Gasteiger partial charge in [0.05, 0.1) is 10.9 Å². The summed E-state index contributed by atoms with van der Waals surface area (Å²) in [6, 6.07) is 9.52. The molecule has 5 heteroatoms. The highest BCUT2D eigenvalue weighted by Gasteiger charge is 2.08. The molecule has 0 aliphatic rings. The van der Waals surface area contributed by atoms with E-state index in [0.29, 0.717) is 17.4 Å². The molecule has 0 amide bonds. The largest absolute Gasteiger partial charge is 0.328 e. The Kier molecular flexibility index (Phi) is 2.83. The van der Waals surface area contributed by atoms with Crippen molar-refractivity contribution < 1.29 is 0 Å². The SMILES string of the molecule is CCn1c(=O)[nH]c2ccc(-c3cccs3)cc2c1=O. The highest BCUT2D eigenvalue weighted by Crippen LogP contribution is 2.26. The van der Waals surface area contributed by atoms with Gasteiger partial charge in [-0.05, 0) is 36.1 Å². The van der Waals surface area contributed by atoms with Crippen molar-refractivity contribution in [2.24, 2.45) is 0 Å². The Morgan fingerprint density at radius 3 is 2.79 bits per heavy atom. The van der Waals surface area contributed by atoms with Gasteiger partial charge in [0.2, 0.25) is 0 Å². The average Bonchev–Trinajstić information content (AvgIpc) is 2.93. The minimum absolute atomic E-state index is 0.236. The molecule has 0 aliphatic carbocycles. The van der Waals surface area contributed by atoms with E-state index in [9.17, 15) is 9.59 Å². The molecular formula is C14H12N2O2S. The second kappa shape index (κ2) is 4.51. The van der Waals surface area contributed by atoms with Crippen LogP contribution in [0.25, 0.3) is 21.3 Å². The number of hydrogen-bond acceptors (Lipinski definition) is 3. The van der Waals surface area contributed by atoms with Gasteiger partial charge in [-0.2, -0.15) is 0 Å². The first-order valence-electron chi connectivity index (χ1n) is 6.01. The summed E-state index contributed by atoms with van der Waals surface area (Å²) in [5.74, 6) is 0. The van der Waals surface area contributed by atoms with E-state index in [4.69, 9.17) is 0 Å². The van der Waals surface area contributed by atoms with Crippen LogP contribution in [0.15, 0.2) is 45.3 Å². The molecule has 0 fully saturated rings. The van der Waals surface area contributed by atoms with Crippen LogP contribution in [-0.4, -0.2) is 9.55 Å². The quantitative estimate of drug-likeness (QED) is 0.779. The van der Waals surface area contributed by atoms with E-state index in [1.54, 1.807) is 24.3 Å². The fourth-order valence-corrected chi connectivity index (χ4v) is 2.86. The standard InChI is InChI=1S/C14H12N2O2S/c1-2-16-13(17)10-8-9(12-4-3-7-19-12)5-6-11(10)15-14(16)18/h3-8H,2H2,1H3,(H,15,18). The molecule has 0 radical (unpaired) electrons. The lowest BCUT2D eigenvalue weighted by Crippen LogP contribution is -2.34. The van der Waals surface area contributed by atoms with E-state index in [1.165, 1.54) is 4.57 Å². The van der Waals surface area contributed by atoms with Gasteiger partial charge in [0.15, 0.2) is 0 Å². The number of aromatic amines is 1. The summed E-state index contributed by atoms with van der Waals surface area (Å²) in [6.45, 7) is 2.15. The first kappa shape index (κ1) is 11.9. The van der Waals surface area contributed by atoms with E-state index in [0.717, 1.165) is 10.4 Å². The predicted octanol–water partition coefficient (Wildman–Crippen LogP) is 2.44. The van der Waals surface area contributed by atoms with Gasteiger partial charge < -0.3 is 4.98 Å². The smallest absolute Gasteiger partial charge is 0.307 e. The number of nitrogens with zero attached hydrogens (tertiary/aromatic N) is 1. The molecule has 0 bridgehead atoms. The number of fused-ring (bicyclic) bond motifs is 1. The fraction of sp³-hybridized carbons (Fsp3) is 0.143. The van der Waals surface area contributed by atoms with Crippen LogP contribution >= 0.6 is 11.3 Å². The number of rotatable bonds is 2. The van der Waals surface area contributed by atoms with Crippen molar-refractivity contribution in [2.45, 2.75) is 13.5 Å². The maximum atomic E-state index is 12.2. The number of hydrogen-bond donors (Lipinski definition) is 1. The Labute approximate surface area is 113 Å². The van der Waals surface area contributed by atoms with Crippen LogP contribution in [0, 0.1) is 0 Å². The van der Waals surface area contributed by atoms with E-state index in [2.05, 4.69) is 4.98 Å². The monoisotopic (exact) mass is 272 g/mol. The Hall–Kier alpha value is -2.14. The van der Waals surface area contributed by atoms with Gasteiger partial charge in [0.1, 0.15) is 0 Å². The van der Waals surface area contributed by atoms with E-state index >= 15 is 0 Å². The van der Waals surface area contributed by atoms with Gasteiger partial charge in [-0.1, -0.05) is 12.1 Å². The van der Waals surface area contributed by atoms with Gasteiger partial charge in [-0.3, -0.25) is 9.36 Å². The molecule has 0 saturated heterocycles. The van der Waals surface area contributed by atoms with Crippen LogP contribution in [0.3, 0.4) is 0 Å². The second-order valence-corrected chi connectivity index (χ2v) is 5.16. The molecule has 19 heavy (non-hydrogen) atoms. The third-order valence-electron chi connectivity index (χ3n) is 3.10. The van der Waals surface area contributed by atoms with Crippen LogP contribution in [-0.2, 0) is 6.54 Å². The molecule has 3 rings (SSSR count). The molecule has 0 aliphatic heterocycles. The first-order valence-corrected chi connectivity index (χ1v) is 6.89. The maximum Gasteiger partial charge on any atom is 0.328 e. The van der Waals surface area contributed by atoms with Crippen LogP contribution in [0.5, 0.6) is 0 Å². The summed E-state index contributed by atoms with van der Waals surface area (Å²) in [5.41, 5.74) is 0.984. The Morgan fingerprint density at radius 1 is 1.26 bits per heavy atom. The normalized spacial score (nSPS) is 11.0. The van der Waals surface area contributed by atoms with Crippen LogP contribution in [0.2, 0.25) is 0 Å². The predicted molar refractivity (Wildman–Crippen MR) is 77.8 cm³/mol. The summed E-state index contributed by atoms with van der Waals surface area (Å²) in [7, 11) is 0. The van der Waals surface area contributed by atoms with Crippen molar-refractivity contribution in [1.82, 2.24) is 9.55 Å². The van der Waals surface area contributed by atoms with Gasteiger partial charge >= 0.3 is 5.69 Å². The van der Waals surface area contributed by atoms with Crippen molar-refractivity contribution in [2.75, 3.05) is 0 Å². The third kappa shape index (κ3) is 1.92. The van der Waals surface area contributed by atoms with Crippen molar-refractivity contribution in [1.29, 1.82) is 0 Å². The zero-order valence-electron chi connectivity index (χ0n) is 10.3. The lowest BCUT2D eigenvalue weighted by molar-refractivity contribution is 0.684. The van der Waals surface area contributed by atoms with Crippen LogP contribution in [0.1, 0.15) is 6.92 Å². The number of thiophene rings is 1. The molecular weight excluding hydrogens is 260 g/mol. The molecule has 4 nitrogen and oxygen atoms in total. The van der Waals surface area contributed by atoms with Gasteiger partial charge in [0.25, 0.3) is 5.56 Å². The molecule has 0 saturated carbocycles. The van der Waals surface area contributed by atoms with E-state index < -0.39 is 0 Å². The van der Waals surface area contributed by atoms with Crippen molar-refractivity contribution >= 4 is 22.2 Å². The minimum Gasteiger partial charge on any atom is -0.307 e. The highest BCUT2D eigenvalue weighted by molar-refractivity contribution is 7.13. The molecule has 0 atom stereocenters. The molecule has 0 unspecified atom stereocenters. The molecule has 0 spiro atoms. The number of H-pyrrole nitrogens is 1. The van der Waals surface area contributed by atoms with Crippen molar-refractivity contribution in [3.05, 3.63) is 56.5 Å². The molecule has 1 aromatic carbocycles. The molecule has 96 valence electrons. The van der Waals surface area contributed by atoms with Gasteiger partial charge in [-0.25, -0.2) is 4.79 Å². The topological polar surface area (TPSA) is 54.9 Å². The summed E-state index contributed by atoms with van der Waals surface area (Å²) in [6.07, 6.45) is 0.